The molecule has 1 fully saturated rings. The van der Waals surface area contributed by atoms with E-state index in [9.17, 15) is 9.90 Å². The third-order valence-electron chi connectivity index (χ3n) is 2.91. The number of thiazole rings is 1. The van der Waals surface area contributed by atoms with Crippen LogP contribution in [0.3, 0.4) is 0 Å². The quantitative estimate of drug-likeness (QED) is 0.771. The van der Waals surface area contributed by atoms with E-state index in [0.717, 1.165) is 11.3 Å². The van der Waals surface area contributed by atoms with Gasteiger partial charge in [0.15, 0.2) is 5.65 Å². The summed E-state index contributed by atoms with van der Waals surface area (Å²) in [6.45, 7) is 1.65. The summed E-state index contributed by atoms with van der Waals surface area (Å²) in [4.78, 5) is 19.9. The second kappa shape index (κ2) is 5.65. The van der Waals surface area contributed by atoms with Gasteiger partial charge >= 0.3 is 4.87 Å². The number of nitrogen functional groups attached to an aromatic ring is 1. The van der Waals surface area contributed by atoms with Crippen molar-refractivity contribution in [3.63, 3.8) is 0 Å². The van der Waals surface area contributed by atoms with Gasteiger partial charge in [0, 0.05) is 5.75 Å². The van der Waals surface area contributed by atoms with Gasteiger partial charge in [-0.3, -0.25) is 9.36 Å². The number of hydrogen-bond acceptors (Lipinski definition) is 8. The molecular formula is C12H12N4O3S2. The van der Waals surface area contributed by atoms with Gasteiger partial charge in [-0.25, -0.2) is 4.98 Å². The van der Waals surface area contributed by atoms with Crippen LogP contribution in [0, 0.1) is 11.8 Å². The molecule has 1 saturated heterocycles. The summed E-state index contributed by atoms with van der Waals surface area (Å²) in [5, 5.41) is 9.84. The highest BCUT2D eigenvalue weighted by atomic mass is 32.2. The van der Waals surface area contributed by atoms with Crippen molar-refractivity contribution in [3.05, 3.63) is 15.9 Å². The highest BCUT2D eigenvalue weighted by Crippen LogP contribution is 2.34. The van der Waals surface area contributed by atoms with Crippen molar-refractivity contribution < 1.29 is 9.84 Å². The third-order valence-corrected chi connectivity index (χ3v) is 4.96. The molecule has 2 aromatic heterocycles. The Labute approximate surface area is 128 Å². The van der Waals surface area contributed by atoms with Gasteiger partial charge in [0.25, 0.3) is 0 Å². The molecular weight excluding hydrogens is 312 g/mol. The van der Waals surface area contributed by atoms with Crippen molar-refractivity contribution in [2.75, 3.05) is 11.5 Å². The Hall–Kier alpha value is -1.60. The fraction of sp³-hybridized carbons (Fsp3) is 0.417. The second-order valence-electron chi connectivity index (χ2n) is 4.29. The average Bonchev–Trinajstić information content (AvgIpc) is 3.02. The molecule has 0 spiro atoms. The Balaban J connectivity index is 1.94. The molecule has 0 radical (unpaired) electrons. The first kappa shape index (κ1) is 14.3. The largest absolute Gasteiger partial charge is 0.377 e. The molecule has 3 rings (SSSR count). The van der Waals surface area contributed by atoms with Crippen LogP contribution >= 0.6 is 23.1 Å². The number of nitrogens with zero attached hydrogens (tertiary/aromatic N) is 3. The van der Waals surface area contributed by atoms with E-state index in [0.29, 0.717) is 16.1 Å². The van der Waals surface area contributed by atoms with Gasteiger partial charge in [-0.15, -0.1) is 17.7 Å². The summed E-state index contributed by atoms with van der Waals surface area (Å²) < 4.78 is 7.84. The topological polar surface area (TPSA) is 103 Å². The highest BCUT2D eigenvalue weighted by Gasteiger charge is 2.33. The summed E-state index contributed by atoms with van der Waals surface area (Å²) in [7, 11) is 0. The molecule has 0 amide bonds. The van der Waals surface area contributed by atoms with Gasteiger partial charge < -0.3 is 15.6 Å². The second-order valence-corrected chi connectivity index (χ2v) is 6.41. The number of aliphatic hydroxyl groups is 1. The molecule has 1 aliphatic rings. The van der Waals surface area contributed by atoms with Gasteiger partial charge in [0.2, 0.25) is 5.95 Å². The maximum absolute atomic E-state index is 12.1. The molecule has 3 atom stereocenters. The Morgan fingerprint density at radius 2 is 2.48 bits per heavy atom. The number of anilines is 1. The van der Waals surface area contributed by atoms with Crippen LogP contribution in [-0.2, 0) is 4.74 Å². The van der Waals surface area contributed by atoms with Crippen LogP contribution in [0.15, 0.2) is 11.0 Å². The maximum atomic E-state index is 12.1. The number of thioether (sulfide) groups is 1. The van der Waals surface area contributed by atoms with Crippen molar-refractivity contribution >= 4 is 39.4 Å². The molecule has 0 bridgehead atoms. The van der Waals surface area contributed by atoms with E-state index >= 15 is 0 Å². The average molecular weight is 324 g/mol. The Kier molecular flexibility index (Phi) is 3.86. The molecule has 1 unspecified atom stereocenters. The third kappa shape index (κ3) is 2.63. The van der Waals surface area contributed by atoms with Crippen molar-refractivity contribution in [1.29, 1.82) is 0 Å². The lowest BCUT2D eigenvalue weighted by atomic mass is 10.4. The number of hydrogen-bond donors (Lipinski definition) is 2. The zero-order chi connectivity index (χ0) is 15.0. The highest BCUT2D eigenvalue weighted by molar-refractivity contribution is 8.00. The summed E-state index contributed by atoms with van der Waals surface area (Å²) in [5.74, 6) is 5.92. The number of nitrogens with two attached hydrogens (primary N) is 1. The van der Waals surface area contributed by atoms with Crippen molar-refractivity contribution in [3.8, 4) is 11.8 Å². The monoisotopic (exact) mass is 324 g/mol. The smallest absolute Gasteiger partial charge is 0.311 e. The van der Waals surface area contributed by atoms with Crippen LogP contribution in [0.1, 0.15) is 13.2 Å². The normalized spacial score (nSPS) is 23.0. The van der Waals surface area contributed by atoms with E-state index in [4.69, 9.17) is 10.5 Å². The summed E-state index contributed by atoms with van der Waals surface area (Å²) >= 11 is 2.46. The van der Waals surface area contributed by atoms with Gasteiger partial charge in [0.05, 0.1) is 10.9 Å². The van der Waals surface area contributed by atoms with Gasteiger partial charge in [-0.05, 0) is 6.92 Å². The molecule has 0 saturated carbocycles. The molecule has 2 aromatic rings. The van der Waals surface area contributed by atoms with Crippen LogP contribution < -0.4 is 10.6 Å². The SMILES string of the molecule is CC#CC(O)[C@H]1O[C@@H](n2c(=O)sc3cnc(N)nc32)CS1. The van der Waals surface area contributed by atoms with Crippen LogP contribution in [0.4, 0.5) is 5.95 Å². The Morgan fingerprint density at radius 1 is 1.67 bits per heavy atom. The summed E-state index contributed by atoms with van der Waals surface area (Å²) in [5.41, 5.74) is 5.55. The molecule has 1 aliphatic heterocycles. The summed E-state index contributed by atoms with van der Waals surface area (Å²) in [6, 6.07) is 0. The first-order valence-electron chi connectivity index (χ1n) is 6.11. The van der Waals surface area contributed by atoms with Crippen LogP contribution in [-0.4, -0.2) is 36.9 Å². The molecule has 21 heavy (non-hydrogen) atoms. The molecule has 0 aliphatic carbocycles. The van der Waals surface area contributed by atoms with Crippen molar-refractivity contribution in [1.82, 2.24) is 14.5 Å². The van der Waals surface area contributed by atoms with E-state index in [1.54, 1.807) is 6.92 Å². The van der Waals surface area contributed by atoms with Gasteiger partial charge in [0.1, 0.15) is 17.8 Å². The molecule has 0 aromatic carbocycles. The Bertz CT molecular complexity index is 791. The van der Waals surface area contributed by atoms with E-state index in [1.807, 2.05) is 0 Å². The lowest BCUT2D eigenvalue weighted by molar-refractivity contribution is -0.0204. The predicted molar refractivity (Wildman–Crippen MR) is 81.9 cm³/mol. The fourth-order valence-electron chi connectivity index (χ4n) is 2.03. The van der Waals surface area contributed by atoms with Crippen LogP contribution in [0.25, 0.3) is 10.3 Å². The molecule has 9 heteroatoms. The maximum Gasteiger partial charge on any atom is 0.311 e. The van der Waals surface area contributed by atoms with Gasteiger partial charge in [-0.1, -0.05) is 17.3 Å². The molecule has 7 nitrogen and oxygen atoms in total. The van der Waals surface area contributed by atoms with E-state index in [1.165, 1.54) is 22.5 Å². The predicted octanol–water partition coefficient (Wildman–Crippen LogP) is 0.408. The van der Waals surface area contributed by atoms with Gasteiger partial charge in [-0.2, -0.15) is 4.98 Å². The minimum Gasteiger partial charge on any atom is -0.377 e. The van der Waals surface area contributed by atoms with Crippen LogP contribution in [0.5, 0.6) is 0 Å². The van der Waals surface area contributed by atoms with E-state index < -0.39 is 17.8 Å². The lowest BCUT2D eigenvalue weighted by Crippen LogP contribution is -2.26. The minimum atomic E-state index is -0.884. The summed E-state index contributed by atoms with van der Waals surface area (Å²) in [6.07, 6.45) is 0.145. The lowest BCUT2D eigenvalue weighted by Gasteiger charge is -2.15. The van der Waals surface area contributed by atoms with Crippen molar-refractivity contribution in [2.24, 2.45) is 0 Å². The number of ether oxygens (including phenoxy) is 1. The minimum absolute atomic E-state index is 0.105. The number of aromatic nitrogens is 3. The van der Waals surface area contributed by atoms with Crippen LogP contribution in [0.2, 0.25) is 0 Å². The Morgan fingerprint density at radius 3 is 3.24 bits per heavy atom. The molecule has 3 heterocycles. The van der Waals surface area contributed by atoms with E-state index in [2.05, 4.69) is 21.8 Å². The standard InChI is InChI=1S/C12H12N4O3S2/c1-2-3-6(17)10-19-8(5-20-10)16-9-7(21-12(16)18)4-14-11(13)15-9/h4,6,8,10,17H,5H2,1H3,(H2,13,14,15)/t6?,8-,10+/m1/s1. The first-order valence-corrected chi connectivity index (χ1v) is 7.97. The number of fused-ring (bicyclic) bond motifs is 1. The number of rotatable bonds is 2. The number of aliphatic hydroxyl groups excluding tert-OH is 1. The molecule has 3 N–H and O–H groups in total. The van der Waals surface area contributed by atoms with E-state index in [-0.39, 0.29) is 10.8 Å². The molecule has 110 valence electrons. The zero-order valence-electron chi connectivity index (χ0n) is 11.0. The zero-order valence-corrected chi connectivity index (χ0v) is 12.6. The van der Waals surface area contributed by atoms with Crippen molar-refractivity contribution in [2.45, 2.75) is 24.7 Å². The first-order chi connectivity index (χ1) is 10.1. The fourth-order valence-corrected chi connectivity index (χ4v) is 3.90.